The van der Waals surface area contributed by atoms with E-state index >= 15 is 0 Å². The minimum atomic E-state index is -0.503. The van der Waals surface area contributed by atoms with Gasteiger partial charge in [-0.05, 0) is 33.6 Å². The Hall–Kier alpha value is -2.31. The molecule has 0 spiro atoms. The van der Waals surface area contributed by atoms with Gasteiger partial charge in [-0.25, -0.2) is 14.8 Å². The first-order valence-electron chi connectivity index (χ1n) is 7.44. The molecule has 1 amide bonds. The smallest absolute Gasteiger partial charge is 0.410 e. The number of carbonyl (C=O) groups is 1. The minimum absolute atomic E-state index is 0.0436. The van der Waals surface area contributed by atoms with Crippen LogP contribution >= 0.6 is 0 Å². The number of nitrogens with zero attached hydrogens (tertiary/aromatic N) is 3. The average molecular weight is 303 g/mol. The Morgan fingerprint density at radius 1 is 1.45 bits per heavy atom. The summed E-state index contributed by atoms with van der Waals surface area (Å²) in [5.74, 6) is 0.415. The minimum Gasteiger partial charge on any atom is -0.444 e. The molecule has 2 aromatic heterocycles. The topological polar surface area (TPSA) is 97.1 Å². The van der Waals surface area contributed by atoms with Gasteiger partial charge in [0.2, 0.25) is 0 Å². The first-order valence-corrected chi connectivity index (χ1v) is 7.44. The molecule has 22 heavy (non-hydrogen) atoms. The normalized spacial score (nSPS) is 18.9. The zero-order valence-electron chi connectivity index (χ0n) is 13.1. The molecule has 1 aliphatic heterocycles. The highest BCUT2D eigenvalue weighted by Gasteiger charge is 2.34. The van der Waals surface area contributed by atoms with E-state index in [1.54, 1.807) is 4.90 Å². The van der Waals surface area contributed by atoms with Crippen molar-refractivity contribution >= 4 is 22.9 Å². The maximum Gasteiger partial charge on any atom is 0.410 e. The number of aromatic amines is 1. The molecule has 0 radical (unpaired) electrons. The number of anilines is 1. The zero-order chi connectivity index (χ0) is 15.9. The lowest BCUT2D eigenvalue weighted by molar-refractivity contribution is 0.0225. The molecule has 3 heterocycles. The van der Waals surface area contributed by atoms with Gasteiger partial charge in [0.05, 0.1) is 11.6 Å². The molecule has 1 atom stereocenters. The van der Waals surface area contributed by atoms with Crippen LogP contribution in [-0.2, 0) is 4.74 Å². The first-order chi connectivity index (χ1) is 10.4. The van der Waals surface area contributed by atoms with E-state index in [9.17, 15) is 4.79 Å². The average Bonchev–Trinajstić information content (AvgIpc) is 3.02. The largest absolute Gasteiger partial charge is 0.444 e. The third-order valence-electron chi connectivity index (χ3n) is 3.76. The molecule has 0 aliphatic carbocycles. The Kier molecular flexibility index (Phi) is 3.42. The SMILES string of the molecule is CC(C)(C)OC(=O)N1CCCC1c1c[nH]c2c(N)ncnc12. The summed E-state index contributed by atoms with van der Waals surface area (Å²) in [6.45, 7) is 6.30. The highest BCUT2D eigenvalue weighted by Crippen LogP contribution is 2.36. The molecule has 0 aromatic carbocycles. The van der Waals surface area contributed by atoms with E-state index in [1.807, 2.05) is 27.0 Å². The van der Waals surface area contributed by atoms with Crippen molar-refractivity contribution < 1.29 is 9.53 Å². The predicted octanol–water partition coefficient (Wildman–Crippen LogP) is 2.61. The van der Waals surface area contributed by atoms with Gasteiger partial charge in [-0.15, -0.1) is 0 Å². The lowest BCUT2D eigenvalue weighted by Gasteiger charge is -2.28. The molecule has 3 rings (SSSR count). The zero-order valence-corrected chi connectivity index (χ0v) is 13.1. The summed E-state index contributed by atoms with van der Waals surface area (Å²) in [5.41, 5.74) is 7.81. The van der Waals surface area contributed by atoms with E-state index in [1.165, 1.54) is 6.33 Å². The molecule has 7 heteroatoms. The lowest BCUT2D eigenvalue weighted by Crippen LogP contribution is -2.36. The van der Waals surface area contributed by atoms with Crippen LogP contribution in [0.15, 0.2) is 12.5 Å². The van der Waals surface area contributed by atoms with E-state index in [4.69, 9.17) is 10.5 Å². The molecule has 118 valence electrons. The second-order valence-electron chi connectivity index (χ2n) is 6.56. The van der Waals surface area contributed by atoms with Gasteiger partial charge in [-0.3, -0.25) is 0 Å². The number of rotatable bonds is 1. The van der Waals surface area contributed by atoms with Gasteiger partial charge in [-0.2, -0.15) is 0 Å². The van der Waals surface area contributed by atoms with Crippen LogP contribution in [0.1, 0.15) is 45.2 Å². The highest BCUT2D eigenvalue weighted by molar-refractivity contribution is 5.87. The van der Waals surface area contributed by atoms with Gasteiger partial charge in [-0.1, -0.05) is 0 Å². The van der Waals surface area contributed by atoms with Gasteiger partial charge in [0, 0.05) is 18.3 Å². The summed E-state index contributed by atoms with van der Waals surface area (Å²) in [6, 6.07) is -0.0436. The van der Waals surface area contributed by atoms with Crippen molar-refractivity contribution in [1.82, 2.24) is 19.9 Å². The van der Waals surface area contributed by atoms with Crippen molar-refractivity contribution in [2.24, 2.45) is 0 Å². The van der Waals surface area contributed by atoms with Crippen LogP contribution in [0.2, 0.25) is 0 Å². The predicted molar refractivity (Wildman–Crippen MR) is 83.2 cm³/mol. The fourth-order valence-electron chi connectivity index (χ4n) is 2.86. The van der Waals surface area contributed by atoms with Crippen molar-refractivity contribution in [2.75, 3.05) is 12.3 Å². The van der Waals surface area contributed by atoms with Crippen LogP contribution in [0.4, 0.5) is 10.6 Å². The van der Waals surface area contributed by atoms with Crippen LogP contribution in [0, 0.1) is 0 Å². The number of nitrogens with one attached hydrogen (secondary N) is 1. The molecular formula is C15H21N5O2. The number of hydrogen-bond donors (Lipinski definition) is 2. The monoisotopic (exact) mass is 303 g/mol. The van der Waals surface area contributed by atoms with Gasteiger partial charge in [0.25, 0.3) is 0 Å². The highest BCUT2D eigenvalue weighted by atomic mass is 16.6. The van der Waals surface area contributed by atoms with Crippen LogP contribution < -0.4 is 5.73 Å². The molecule has 0 saturated carbocycles. The summed E-state index contributed by atoms with van der Waals surface area (Å²) in [5, 5.41) is 0. The molecule has 1 aliphatic rings. The van der Waals surface area contributed by atoms with Crippen LogP contribution in [0.5, 0.6) is 0 Å². The Balaban J connectivity index is 1.92. The van der Waals surface area contributed by atoms with E-state index in [0.29, 0.717) is 17.9 Å². The first kappa shape index (κ1) is 14.6. The Labute approximate surface area is 128 Å². The van der Waals surface area contributed by atoms with E-state index in [-0.39, 0.29) is 12.1 Å². The summed E-state index contributed by atoms with van der Waals surface area (Å²) >= 11 is 0. The summed E-state index contributed by atoms with van der Waals surface area (Å²) in [7, 11) is 0. The second kappa shape index (κ2) is 5.15. The molecule has 1 saturated heterocycles. The maximum atomic E-state index is 12.4. The van der Waals surface area contributed by atoms with Gasteiger partial charge < -0.3 is 20.4 Å². The Bertz CT molecular complexity index is 704. The number of aromatic nitrogens is 3. The molecule has 1 fully saturated rings. The third-order valence-corrected chi connectivity index (χ3v) is 3.76. The summed E-state index contributed by atoms with van der Waals surface area (Å²) < 4.78 is 5.51. The Morgan fingerprint density at radius 2 is 2.23 bits per heavy atom. The number of likely N-dealkylation sites (tertiary alicyclic amines) is 1. The van der Waals surface area contributed by atoms with Crippen LogP contribution in [-0.4, -0.2) is 38.1 Å². The fourth-order valence-corrected chi connectivity index (χ4v) is 2.86. The molecular weight excluding hydrogens is 282 g/mol. The second-order valence-corrected chi connectivity index (χ2v) is 6.56. The molecule has 2 aromatic rings. The molecule has 1 unspecified atom stereocenters. The standard InChI is InChI=1S/C15H21N5O2/c1-15(2,3)22-14(21)20-6-4-5-10(20)9-7-17-12-11(9)18-8-19-13(12)16/h7-8,10,17H,4-6H2,1-3H3,(H2,16,18,19). The van der Waals surface area contributed by atoms with Crippen LogP contribution in [0.3, 0.4) is 0 Å². The number of hydrogen-bond acceptors (Lipinski definition) is 5. The van der Waals surface area contributed by atoms with Gasteiger partial charge in [0.15, 0.2) is 5.82 Å². The number of amides is 1. The third kappa shape index (κ3) is 2.58. The number of fused-ring (bicyclic) bond motifs is 1. The van der Waals surface area contributed by atoms with E-state index in [0.717, 1.165) is 23.9 Å². The molecule has 3 N–H and O–H groups in total. The summed E-state index contributed by atoms with van der Waals surface area (Å²) in [4.78, 5) is 25.6. The number of nitrogen functional groups attached to an aromatic ring is 1. The summed E-state index contributed by atoms with van der Waals surface area (Å²) in [6.07, 6.45) is 4.85. The molecule has 7 nitrogen and oxygen atoms in total. The van der Waals surface area contributed by atoms with Crippen molar-refractivity contribution in [3.05, 3.63) is 18.1 Å². The van der Waals surface area contributed by atoms with Crippen molar-refractivity contribution in [1.29, 1.82) is 0 Å². The number of ether oxygens (including phenoxy) is 1. The van der Waals surface area contributed by atoms with Gasteiger partial charge in [0.1, 0.15) is 17.4 Å². The lowest BCUT2D eigenvalue weighted by atomic mass is 10.1. The van der Waals surface area contributed by atoms with E-state index in [2.05, 4.69) is 15.0 Å². The van der Waals surface area contributed by atoms with Crippen molar-refractivity contribution in [3.63, 3.8) is 0 Å². The maximum absolute atomic E-state index is 12.4. The molecule has 0 bridgehead atoms. The van der Waals surface area contributed by atoms with E-state index < -0.39 is 5.60 Å². The number of carbonyl (C=O) groups excluding carboxylic acids is 1. The van der Waals surface area contributed by atoms with Crippen molar-refractivity contribution in [3.8, 4) is 0 Å². The van der Waals surface area contributed by atoms with Crippen LogP contribution in [0.25, 0.3) is 11.0 Å². The quantitative estimate of drug-likeness (QED) is 0.844. The van der Waals surface area contributed by atoms with Crippen molar-refractivity contribution in [2.45, 2.75) is 45.3 Å². The fraction of sp³-hybridized carbons (Fsp3) is 0.533. The number of nitrogens with two attached hydrogens (primary N) is 1. The number of H-pyrrole nitrogens is 1. The van der Waals surface area contributed by atoms with Gasteiger partial charge >= 0.3 is 6.09 Å². The Morgan fingerprint density at radius 3 is 2.95 bits per heavy atom.